The number of benzene rings is 1. The summed E-state index contributed by atoms with van der Waals surface area (Å²) < 4.78 is 11.4. The number of hydrogen-bond acceptors (Lipinski definition) is 5. The average Bonchev–Trinajstić information content (AvgIpc) is 2.94. The maximum atomic E-state index is 12.1. The van der Waals surface area contributed by atoms with E-state index in [1.165, 1.54) is 5.56 Å². The summed E-state index contributed by atoms with van der Waals surface area (Å²) in [6.07, 6.45) is 4.99. The predicted molar refractivity (Wildman–Crippen MR) is 116 cm³/mol. The number of ether oxygens (including phenoxy) is 2. The lowest BCUT2D eigenvalue weighted by atomic mass is 10.0. The van der Waals surface area contributed by atoms with Gasteiger partial charge in [-0.05, 0) is 63.4 Å². The van der Waals surface area contributed by atoms with Crippen molar-refractivity contribution >= 4 is 5.91 Å². The van der Waals surface area contributed by atoms with Crippen molar-refractivity contribution in [1.82, 2.24) is 15.1 Å². The van der Waals surface area contributed by atoms with Gasteiger partial charge < -0.3 is 24.6 Å². The highest BCUT2D eigenvalue weighted by Gasteiger charge is 2.18. The molecule has 0 saturated carbocycles. The van der Waals surface area contributed by atoms with E-state index in [2.05, 4.69) is 36.2 Å². The van der Waals surface area contributed by atoms with Crippen molar-refractivity contribution in [2.45, 2.75) is 52.0 Å². The molecule has 0 spiro atoms. The molecule has 0 bridgehead atoms. The van der Waals surface area contributed by atoms with Crippen molar-refractivity contribution in [3.05, 3.63) is 23.8 Å². The Balaban J connectivity index is 1.46. The topological polar surface area (TPSA) is 54.0 Å². The van der Waals surface area contributed by atoms with Crippen LogP contribution < -0.4 is 14.8 Å². The first-order chi connectivity index (χ1) is 14.2. The highest BCUT2D eigenvalue weighted by atomic mass is 16.6. The molecule has 6 nitrogen and oxygen atoms in total. The van der Waals surface area contributed by atoms with Crippen molar-refractivity contribution in [3.8, 4) is 11.5 Å². The maximum Gasteiger partial charge on any atom is 0.223 e. The zero-order valence-electron chi connectivity index (χ0n) is 18.1. The summed E-state index contributed by atoms with van der Waals surface area (Å²) in [5.41, 5.74) is 1.30. The standard InChI is InChI=1S/C23H37N3O3/c1-3-11-25(12-4-5-13-26-14-10-24-9-8-23(26)27)19(2)17-20-6-7-21-22(18-20)29-16-15-28-21/h6-7,18-19,24H,3-5,8-17H2,1-2H3. The number of rotatable bonds is 10. The van der Waals surface area contributed by atoms with Crippen LogP contribution in [0.5, 0.6) is 11.5 Å². The Bertz CT molecular complexity index is 652. The van der Waals surface area contributed by atoms with Crippen LogP contribution in [0.1, 0.15) is 45.1 Å². The third-order valence-corrected chi connectivity index (χ3v) is 5.82. The molecule has 0 aliphatic carbocycles. The average molecular weight is 404 g/mol. The fourth-order valence-electron chi connectivity index (χ4n) is 4.20. The van der Waals surface area contributed by atoms with Crippen LogP contribution in [0.2, 0.25) is 0 Å². The highest BCUT2D eigenvalue weighted by molar-refractivity contribution is 5.76. The third kappa shape index (κ3) is 6.61. The second-order valence-corrected chi connectivity index (χ2v) is 8.16. The molecule has 0 radical (unpaired) electrons. The molecule has 0 aromatic heterocycles. The molecule has 6 heteroatoms. The zero-order chi connectivity index (χ0) is 20.5. The number of nitrogens with one attached hydrogen (secondary N) is 1. The van der Waals surface area contributed by atoms with Crippen LogP contribution >= 0.6 is 0 Å². The first-order valence-electron chi connectivity index (χ1n) is 11.3. The molecule has 3 rings (SSSR count). The van der Waals surface area contributed by atoms with Crippen LogP contribution in [0.3, 0.4) is 0 Å². The predicted octanol–water partition coefficient (Wildman–Crippen LogP) is 2.70. The molecule has 1 unspecified atom stereocenters. The lowest BCUT2D eigenvalue weighted by molar-refractivity contribution is -0.130. The van der Waals surface area contributed by atoms with Crippen LogP contribution in [-0.4, -0.2) is 74.2 Å². The van der Waals surface area contributed by atoms with Gasteiger partial charge in [0.2, 0.25) is 5.91 Å². The lowest BCUT2D eigenvalue weighted by Crippen LogP contribution is -2.37. The number of hydrogen-bond donors (Lipinski definition) is 1. The third-order valence-electron chi connectivity index (χ3n) is 5.82. The molecule has 1 amide bonds. The Morgan fingerprint density at radius 2 is 1.97 bits per heavy atom. The zero-order valence-corrected chi connectivity index (χ0v) is 18.1. The molecule has 1 saturated heterocycles. The molecule has 1 fully saturated rings. The van der Waals surface area contributed by atoms with Gasteiger partial charge in [0.05, 0.1) is 0 Å². The molecule has 162 valence electrons. The Kier molecular flexibility index (Phi) is 8.62. The van der Waals surface area contributed by atoms with E-state index in [1.807, 2.05) is 11.0 Å². The van der Waals surface area contributed by atoms with E-state index in [1.54, 1.807) is 0 Å². The van der Waals surface area contributed by atoms with Crippen molar-refractivity contribution in [2.24, 2.45) is 0 Å². The summed E-state index contributed by atoms with van der Waals surface area (Å²) >= 11 is 0. The minimum absolute atomic E-state index is 0.299. The Labute approximate surface area is 175 Å². The second-order valence-electron chi connectivity index (χ2n) is 8.16. The summed E-state index contributed by atoms with van der Waals surface area (Å²) in [6.45, 7) is 11.5. The number of fused-ring (bicyclic) bond motifs is 1. The summed E-state index contributed by atoms with van der Waals surface area (Å²) in [7, 11) is 0. The Morgan fingerprint density at radius 1 is 1.14 bits per heavy atom. The summed E-state index contributed by atoms with van der Waals surface area (Å²) in [5.74, 6) is 2.03. The van der Waals surface area contributed by atoms with Crippen molar-refractivity contribution < 1.29 is 14.3 Å². The number of carbonyl (C=O) groups is 1. The SMILES string of the molecule is CCCN(CCCCN1CCNCCC1=O)C(C)Cc1ccc2c(c1)OCCO2. The number of unbranched alkanes of at least 4 members (excludes halogenated alkanes) is 1. The van der Waals surface area contributed by atoms with Crippen LogP contribution in [0, 0.1) is 0 Å². The van der Waals surface area contributed by atoms with Gasteiger partial charge in [0.25, 0.3) is 0 Å². The van der Waals surface area contributed by atoms with Crippen molar-refractivity contribution in [3.63, 3.8) is 0 Å². The van der Waals surface area contributed by atoms with Gasteiger partial charge in [-0.15, -0.1) is 0 Å². The summed E-state index contributed by atoms with van der Waals surface area (Å²) in [4.78, 5) is 16.7. The summed E-state index contributed by atoms with van der Waals surface area (Å²) in [5, 5.41) is 3.30. The first-order valence-corrected chi connectivity index (χ1v) is 11.3. The van der Waals surface area contributed by atoms with E-state index in [-0.39, 0.29) is 0 Å². The van der Waals surface area contributed by atoms with Crippen LogP contribution in [0.25, 0.3) is 0 Å². The van der Waals surface area contributed by atoms with Gasteiger partial charge in [-0.2, -0.15) is 0 Å². The minimum Gasteiger partial charge on any atom is -0.486 e. The van der Waals surface area contributed by atoms with Crippen LogP contribution in [0.15, 0.2) is 18.2 Å². The quantitative estimate of drug-likeness (QED) is 0.609. The molecular formula is C23H37N3O3. The number of carbonyl (C=O) groups excluding carboxylic acids is 1. The molecular weight excluding hydrogens is 366 g/mol. The monoisotopic (exact) mass is 403 g/mol. The summed E-state index contributed by atoms with van der Waals surface area (Å²) in [6, 6.07) is 6.80. The van der Waals surface area contributed by atoms with E-state index < -0.39 is 0 Å². The van der Waals surface area contributed by atoms with Crippen molar-refractivity contribution in [2.75, 3.05) is 52.5 Å². The Morgan fingerprint density at radius 3 is 2.79 bits per heavy atom. The van der Waals surface area contributed by atoms with Gasteiger partial charge in [-0.1, -0.05) is 13.0 Å². The van der Waals surface area contributed by atoms with E-state index in [0.29, 0.717) is 31.6 Å². The molecule has 2 aliphatic rings. The van der Waals surface area contributed by atoms with Gasteiger partial charge >= 0.3 is 0 Å². The maximum absolute atomic E-state index is 12.1. The van der Waals surface area contributed by atoms with Crippen LogP contribution in [-0.2, 0) is 11.2 Å². The number of nitrogens with zero attached hydrogens (tertiary/aromatic N) is 2. The van der Waals surface area contributed by atoms with Gasteiger partial charge in [0.15, 0.2) is 11.5 Å². The fourth-order valence-corrected chi connectivity index (χ4v) is 4.20. The van der Waals surface area contributed by atoms with Crippen molar-refractivity contribution in [1.29, 1.82) is 0 Å². The van der Waals surface area contributed by atoms with Crippen LogP contribution in [0.4, 0.5) is 0 Å². The van der Waals surface area contributed by atoms with E-state index in [4.69, 9.17) is 9.47 Å². The normalized spacial score (nSPS) is 18.0. The molecule has 1 aromatic rings. The lowest BCUT2D eigenvalue weighted by Gasteiger charge is -2.30. The van der Waals surface area contributed by atoms with E-state index >= 15 is 0 Å². The minimum atomic E-state index is 0.299. The van der Waals surface area contributed by atoms with Gasteiger partial charge in [-0.3, -0.25) is 4.79 Å². The molecule has 1 atom stereocenters. The van der Waals surface area contributed by atoms with E-state index in [0.717, 1.165) is 76.5 Å². The smallest absolute Gasteiger partial charge is 0.223 e. The van der Waals surface area contributed by atoms with Gasteiger partial charge in [-0.25, -0.2) is 0 Å². The molecule has 2 heterocycles. The van der Waals surface area contributed by atoms with Gasteiger partial charge in [0.1, 0.15) is 13.2 Å². The Hall–Kier alpha value is -1.79. The van der Waals surface area contributed by atoms with E-state index in [9.17, 15) is 4.79 Å². The number of amides is 1. The fraction of sp³-hybridized carbons (Fsp3) is 0.696. The largest absolute Gasteiger partial charge is 0.486 e. The van der Waals surface area contributed by atoms with Gasteiger partial charge in [0, 0.05) is 38.6 Å². The molecule has 1 aromatic carbocycles. The molecule has 1 N–H and O–H groups in total. The molecule has 2 aliphatic heterocycles. The molecule has 29 heavy (non-hydrogen) atoms. The second kappa shape index (κ2) is 11.4. The highest BCUT2D eigenvalue weighted by Crippen LogP contribution is 2.31. The first kappa shape index (κ1) is 21.9.